The van der Waals surface area contributed by atoms with Crippen molar-refractivity contribution >= 4 is 11.8 Å². The first-order chi connectivity index (χ1) is 15.8. The van der Waals surface area contributed by atoms with Gasteiger partial charge in [-0.05, 0) is 36.6 Å². The van der Waals surface area contributed by atoms with Crippen molar-refractivity contribution in [2.24, 2.45) is 0 Å². The molecule has 0 fully saturated rings. The SMILES string of the molecule is C=C(OC)/C(=C\C(=C/CC)C1CC(C(F)F)n2nc(-c3ccc(C(=O)O)cc3)cc2N1)OC. The van der Waals surface area contributed by atoms with E-state index in [1.165, 1.54) is 31.0 Å². The Morgan fingerprint density at radius 3 is 2.58 bits per heavy atom. The summed E-state index contributed by atoms with van der Waals surface area (Å²) in [6, 6.07) is 6.28. The zero-order valence-electron chi connectivity index (χ0n) is 18.7. The summed E-state index contributed by atoms with van der Waals surface area (Å²) in [5.74, 6) is 0.153. The number of fused-ring (bicyclic) bond motifs is 1. The number of allylic oxidation sites excluding steroid dienone is 1. The molecule has 1 aromatic carbocycles. The largest absolute Gasteiger partial charge is 0.494 e. The molecule has 9 heteroatoms. The van der Waals surface area contributed by atoms with E-state index in [0.717, 1.165) is 5.57 Å². The molecule has 0 amide bonds. The second kappa shape index (κ2) is 10.3. The maximum Gasteiger partial charge on any atom is 0.335 e. The van der Waals surface area contributed by atoms with Crippen LogP contribution in [0.1, 0.15) is 36.2 Å². The van der Waals surface area contributed by atoms with Crippen molar-refractivity contribution in [3.05, 3.63) is 71.7 Å². The fourth-order valence-corrected chi connectivity index (χ4v) is 3.73. The Labute approximate surface area is 191 Å². The van der Waals surface area contributed by atoms with Crippen LogP contribution in [-0.2, 0) is 9.47 Å². The molecule has 0 radical (unpaired) electrons. The first kappa shape index (κ1) is 24.0. The van der Waals surface area contributed by atoms with Crippen molar-refractivity contribution in [2.45, 2.75) is 38.3 Å². The van der Waals surface area contributed by atoms with Crippen molar-refractivity contribution < 1.29 is 28.2 Å². The van der Waals surface area contributed by atoms with E-state index in [1.54, 1.807) is 24.3 Å². The van der Waals surface area contributed by atoms with Crippen LogP contribution in [0, 0.1) is 0 Å². The Kier molecular flexibility index (Phi) is 7.52. The number of anilines is 1. The lowest BCUT2D eigenvalue weighted by Gasteiger charge is -2.32. The Hall–Kier alpha value is -3.62. The van der Waals surface area contributed by atoms with Gasteiger partial charge in [0.2, 0.25) is 0 Å². The summed E-state index contributed by atoms with van der Waals surface area (Å²) >= 11 is 0. The number of carboxylic acid groups (broad SMARTS) is 1. The van der Waals surface area contributed by atoms with Gasteiger partial charge in [0.25, 0.3) is 6.43 Å². The number of nitrogens with zero attached hydrogens (tertiary/aromatic N) is 2. The van der Waals surface area contributed by atoms with Crippen LogP contribution >= 0.6 is 0 Å². The molecule has 0 saturated carbocycles. The molecule has 33 heavy (non-hydrogen) atoms. The number of hydrogen-bond acceptors (Lipinski definition) is 5. The lowest BCUT2D eigenvalue weighted by Crippen LogP contribution is -2.36. The summed E-state index contributed by atoms with van der Waals surface area (Å²) in [6.45, 7) is 5.76. The average Bonchev–Trinajstić information content (AvgIpc) is 3.24. The minimum Gasteiger partial charge on any atom is -0.494 e. The van der Waals surface area contributed by atoms with Crippen LogP contribution in [0.25, 0.3) is 11.3 Å². The van der Waals surface area contributed by atoms with E-state index in [9.17, 15) is 13.6 Å². The number of carboxylic acids is 1. The number of hydrogen-bond donors (Lipinski definition) is 2. The van der Waals surface area contributed by atoms with Crippen molar-refractivity contribution in [1.29, 1.82) is 0 Å². The molecule has 0 bridgehead atoms. The monoisotopic (exact) mass is 459 g/mol. The van der Waals surface area contributed by atoms with Gasteiger partial charge in [-0.15, -0.1) is 0 Å². The van der Waals surface area contributed by atoms with Crippen molar-refractivity contribution in [3.63, 3.8) is 0 Å². The molecule has 1 aliphatic heterocycles. The van der Waals surface area contributed by atoms with Crippen LogP contribution in [0.2, 0.25) is 0 Å². The first-order valence-electron chi connectivity index (χ1n) is 10.5. The number of methoxy groups -OCH3 is 2. The third-order valence-corrected chi connectivity index (χ3v) is 5.45. The van der Waals surface area contributed by atoms with Gasteiger partial charge < -0.3 is 19.9 Å². The molecule has 0 saturated heterocycles. The van der Waals surface area contributed by atoms with Gasteiger partial charge >= 0.3 is 5.97 Å². The van der Waals surface area contributed by atoms with Crippen LogP contribution in [0.3, 0.4) is 0 Å². The predicted octanol–water partition coefficient (Wildman–Crippen LogP) is 5.27. The number of ether oxygens (including phenoxy) is 2. The van der Waals surface area contributed by atoms with Crippen LogP contribution in [0.5, 0.6) is 0 Å². The molecule has 1 aliphatic rings. The van der Waals surface area contributed by atoms with E-state index in [2.05, 4.69) is 17.0 Å². The van der Waals surface area contributed by atoms with Crippen LogP contribution in [-0.4, -0.2) is 47.5 Å². The summed E-state index contributed by atoms with van der Waals surface area (Å²) < 4.78 is 39.9. The van der Waals surface area contributed by atoms with Gasteiger partial charge in [-0.1, -0.05) is 31.7 Å². The summed E-state index contributed by atoms with van der Waals surface area (Å²) in [7, 11) is 2.97. The highest BCUT2D eigenvalue weighted by molar-refractivity contribution is 5.88. The first-order valence-corrected chi connectivity index (χ1v) is 10.5. The number of aromatic carboxylic acids is 1. The minimum atomic E-state index is -2.63. The Morgan fingerprint density at radius 1 is 1.33 bits per heavy atom. The van der Waals surface area contributed by atoms with Gasteiger partial charge in [0.05, 0.1) is 31.5 Å². The topological polar surface area (TPSA) is 85.6 Å². The molecule has 7 nitrogen and oxygen atoms in total. The van der Waals surface area contributed by atoms with Crippen molar-refractivity contribution in [2.75, 3.05) is 19.5 Å². The molecule has 3 rings (SSSR count). The van der Waals surface area contributed by atoms with E-state index in [0.29, 0.717) is 35.0 Å². The predicted molar refractivity (Wildman–Crippen MR) is 121 cm³/mol. The number of rotatable bonds is 9. The Bertz CT molecular complexity index is 1070. The zero-order valence-corrected chi connectivity index (χ0v) is 18.7. The van der Waals surface area contributed by atoms with E-state index in [1.807, 2.05) is 13.0 Å². The molecule has 0 aliphatic carbocycles. The van der Waals surface area contributed by atoms with Crippen molar-refractivity contribution in [1.82, 2.24) is 9.78 Å². The second-order valence-electron chi connectivity index (χ2n) is 7.53. The van der Waals surface area contributed by atoms with Gasteiger partial charge in [0, 0.05) is 11.6 Å². The molecule has 0 spiro atoms. The molecule has 1 aromatic heterocycles. The number of benzene rings is 1. The van der Waals surface area contributed by atoms with E-state index in [-0.39, 0.29) is 12.0 Å². The third-order valence-electron chi connectivity index (χ3n) is 5.45. The number of carbonyl (C=O) groups is 1. The smallest absolute Gasteiger partial charge is 0.335 e. The Balaban J connectivity index is 1.98. The maximum atomic E-state index is 14.0. The van der Waals surface area contributed by atoms with Crippen LogP contribution in [0.4, 0.5) is 14.6 Å². The number of aromatic nitrogens is 2. The quantitative estimate of drug-likeness (QED) is 0.393. The summed E-state index contributed by atoms with van der Waals surface area (Å²) in [5, 5.41) is 16.8. The summed E-state index contributed by atoms with van der Waals surface area (Å²) in [5.41, 5.74) is 2.02. The lowest BCUT2D eigenvalue weighted by atomic mass is 9.95. The highest BCUT2D eigenvalue weighted by Gasteiger charge is 2.35. The molecule has 176 valence electrons. The fraction of sp³-hybridized carbons (Fsp3) is 0.333. The molecule has 2 heterocycles. The highest BCUT2D eigenvalue weighted by Crippen LogP contribution is 2.37. The second-order valence-corrected chi connectivity index (χ2v) is 7.53. The lowest BCUT2D eigenvalue weighted by molar-refractivity contribution is 0.0677. The standard InChI is InChI=1S/C24H27F2N3O4/c1-5-6-17(11-21(33-4)14(2)32-3)18-12-20(23(25)26)29-22(27-18)13-19(28-29)15-7-9-16(10-8-15)24(30)31/h6-11,13,18,20,23,27H,2,5,12H2,1,3-4H3,(H,30,31)/b17-6+,21-11+. The van der Waals surface area contributed by atoms with Crippen LogP contribution in [0.15, 0.2) is 66.2 Å². The Morgan fingerprint density at radius 2 is 2.03 bits per heavy atom. The van der Waals surface area contributed by atoms with Crippen LogP contribution < -0.4 is 5.32 Å². The fourth-order valence-electron chi connectivity index (χ4n) is 3.73. The van der Waals surface area contributed by atoms with E-state index >= 15 is 0 Å². The molecular formula is C24H27F2N3O4. The normalized spacial score (nSPS) is 18.5. The molecule has 2 aromatic rings. The molecule has 2 N–H and O–H groups in total. The number of nitrogens with one attached hydrogen (secondary N) is 1. The van der Waals surface area contributed by atoms with Gasteiger partial charge in [0.1, 0.15) is 11.9 Å². The summed E-state index contributed by atoms with van der Waals surface area (Å²) in [6.07, 6.45) is 1.87. The van der Waals surface area contributed by atoms with Gasteiger partial charge in [0.15, 0.2) is 11.5 Å². The highest BCUT2D eigenvalue weighted by atomic mass is 19.3. The van der Waals surface area contributed by atoms with E-state index in [4.69, 9.17) is 14.6 Å². The number of halogens is 2. The average molecular weight is 459 g/mol. The molecule has 2 atom stereocenters. The molecule has 2 unspecified atom stereocenters. The van der Waals surface area contributed by atoms with Gasteiger partial charge in [-0.25, -0.2) is 18.3 Å². The van der Waals surface area contributed by atoms with Crippen molar-refractivity contribution in [3.8, 4) is 11.3 Å². The van der Waals surface area contributed by atoms with Gasteiger partial charge in [-0.3, -0.25) is 0 Å². The molecular weight excluding hydrogens is 432 g/mol. The zero-order chi connectivity index (χ0) is 24.1. The summed E-state index contributed by atoms with van der Waals surface area (Å²) in [4.78, 5) is 11.1. The van der Waals surface area contributed by atoms with E-state index < -0.39 is 24.5 Å². The third kappa shape index (κ3) is 5.24. The van der Waals surface area contributed by atoms with Gasteiger partial charge in [-0.2, -0.15) is 5.10 Å². The maximum absolute atomic E-state index is 14.0. The number of alkyl halides is 2. The minimum absolute atomic E-state index is 0.114.